The highest BCUT2D eigenvalue weighted by molar-refractivity contribution is 8.00. The van der Waals surface area contributed by atoms with Crippen molar-refractivity contribution in [2.45, 2.75) is 30.4 Å². The van der Waals surface area contributed by atoms with Crippen LogP contribution in [0.3, 0.4) is 0 Å². The van der Waals surface area contributed by atoms with Gasteiger partial charge in [-0.3, -0.25) is 19.2 Å². The molecule has 1 aliphatic rings. The lowest BCUT2D eigenvalue weighted by Crippen LogP contribution is -2.32. The van der Waals surface area contributed by atoms with Gasteiger partial charge >= 0.3 is 0 Å². The van der Waals surface area contributed by atoms with Crippen molar-refractivity contribution in [1.82, 2.24) is 5.32 Å². The van der Waals surface area contributed by atoms with Crippen molar-refractivity contribution < 1.29 is 23.9 Å². The number of carbonyl (C=O) groups excluding carboxylic acids is 4. The molecular weight excluding hydrogens is 574 g/mol. The first-order chi connectivity index (χ1) is 21.2. The van der Waals surface area contributed by atoms with E-state index in [0.29, 0.717) is 28.3 Å². The summed E-state index contributed by atoms with van der Waals surface area (Å²) < 4.78 is 5.29. The molecule has 0 spiro atoms. The largest absolute Gasteiger partial charge is 0.497 e. The Balaban J connectivity index is 1.30. The van der Waals surface area contributed by atoms with Gasteiger partial charge in [-0.1, -0.05) is 48.5 Å². The second kappa shape index (κ2) is 13.4. The van der Waals surface area contributed by atoms with E-state index in [-0.39, 0.29) is 23.9 Å². The quantitative estimate of drug-likeness (QED) is 0.175. The SMILES string of the molecule is COc1cccc(/C=C(\NC(=O)c2ccccc2)C(=O)Nc2ccc(SC3CC(=O)N(c4c(C)cccc4C)C3=O)cc2)c1. The van der Waals surface area contributed by atoms with Gasteiger partial charge in [0.05, 0.1) is 18.0 Å². The standard InChI is InChI=1S/C35H31N3O5S/c1-22-9-7-10-23(2)32(22)38-31(39)21-30(35(38)42)44-28-17-15-26(16-18-28)36-34(41)29(20-24-11-8-14-27(19-24)43-3)37-33(40)25-12-5-4-6-13-25/h4-20,30H,21H2,1-3H3,(H,36,41)(H,37,40)/b29-20-. The number of amides is 4. The summed E-state index contributed by atoms with van der Waals surface area (Å²) in [6.07, 6.45) is 1.68. The Bertz CT molecular complexity index is 1730. The average molecular weight is 606 g/mol. The summed E-state index contributed by atoms with van der Waals surface area (Å²) in [5.41, 5.74) is 4.02. The number of carbonyl (C=O) groups is 4. The van der Waals surface area contributed by atoms with E-state index < -0.39 is 17.1 Å². The van der Waals surface area contributed by atoms with Gasteiger partial charge in [-0.05, 0) is 85.1 Å². The highest BCUT2D eigenvalue weighted by Crippen LogP contribution is 2.36. The number of nitrogens with zero attached hydrogens (tertiary/aromatic N) is 1. The first-order valence-electron chi connectivity index (χ1n) is 14.0. The average Bonchev–Trinajstić information content (AvgIpc) is 3.29. The molecule has 0 aromatic heterocycles. The van der Waals surface area contributed by atoms with Gasteiger partial charge < -0.3 is 15.4 Å². The number of rotatable bonds is 9. The summed E-state index contributed by atoms with van der Waals surface area (Å²) in [6.45, 7) is 3.78. The van der Waals surface area contributed by atoms with E-state index in [1.165, 1.54) is 16.7 Å². The van der Waals surface area contributed by atoms with Crippen molar-refractivity contribution in [1.29, 1.82) is 0 Å². The van der Waals surface area contributed by atoms with Crippen LogP contribution in [0.1, 0.15) is 33.5 Å². The Labute approximate surface area is 260 Å². The van der Waals surface area contributed by atoms with Gasteiger partial charge in [0.2, 0.25) is 11.8 Å². The normalized spacial score (nSPS) is 14.8. The van der Waals surface area contributed by atoms with Crippen LogP contribution < -0.4 is 20.3 Å². The Morgan fingerprint density at radius 2 is 1.57 bits per heavy atom. The van der Waals surface area contributed by atoms with Crippen LogP contribution in [0, 0.1) is 13.8 Å². The van der Waals surface area contributed by atoms with Gasteiger partial charge in [0, 0.05) is 22.6 Å². The maximum Gasteiger partial charge on any atom is 0.272 e. The molecule has 9 heteroatoms. The van der Waals surface area contributed by atoms with Gasteiger partial charge in [-0.15, -0.1) is 11.8 Å². The molecule has 0 aliphatic carbocycles. The monoisotopic (exact) mass is 605 g/mol. The van der Waals surface area contributed by atoms with Gasteiger partial charge in [-0.2, -0.15) is 0 Å². The molecule has 0 radical (unpaired) electrons. The summed E-state index contributed by atoms with van der Waals surface area (Å²) >= 11 is 1.31. The van der Waals surface area contributed by atoms with Crippen molar-refractivity contribution in [2.24, 2.45) is 0 Å². The molecule has 1 atom stereocenters. The minimum atomic E-state index is -0.549. The van der Waals surface area contributed by atoms with Crippen LogP contribution in [0.25, 0.3) is 6.08 Å². The molecule has 0 bridgehead atoms. The first kappa shape index (κ1) is 30.3. The molecule has 44 heavy (non-hydrogen) atoms. The lowest BCUT2D eigenvalue weighted by atomic mass is 10.1. The second-order valence-electron chi connectivity index (χ2n) is 10.3. The van der Waals surface area contributed by atoms with Crippen LogP contribution >= 0.6 is 11.8 Å². The van der Waals surface area contributed by atoms with E-state index in [0.717, 1.165) is 16.0 Å². The number of para-hydroxylation sites is 1. The number of methoxy groups -OCH3 is 1. The number of ether oxygens (including phenoxy) is 1. The molecule has 4 amide bonds. The molecule has 2 N–H and O–H groups in total. The van der Waals surface area contributed by atoms with Crippen molar-refractivity contribution in [3.63, 3.8) is 0 Å². The molecule has 1 fully saturated rings. The molecule has 5 rings (SSSR count). The zero-order valence-corrected chi connectivity index (χ0v) is 25.3. The lowest BCUT2D eigenvalue weighted by molar-refractivity contribution is -0.121. The molecule has 1 saturated heterocycles. The molecule has 1 unspecified atom stereocenters. The zero-order valence-electron chi connectivity index (χ0n) is 24.5. The van der Waals surface area contributed by atoms with Gasteiger partial charge in [0.15, 0.2) is 0 Å². The maximum atomic E-state index is 13.4. The van der Waals surface area contributed by atoms with Crippen LogP contribution in [0.15, 0.2) is 108 Å². The number of hydrogen-bond donors (Lipinski definition) is 2. The van der Waals surface area contributed by atoms with Crippen molar-refractivity contribution >= 4 is 52.8 Å². The Hall–Kier alpha value is -5.15. The molecule has 222 valence electrons. The Kier molecular flexibility index (Phi) is 9.26. The minimum Gasteiger partial charge on any atom is -0.497 e. The van der Waals surface area contributed by atoms with Crippen LogP contribution in [0.5, 0.6) is 5.75 Å². The molecule has 4 aromatic rings. The topological polar surface area (TPSA) is 105 Å². The lowest BCUT2D eigenvalue weighted by Gasteiger charge is -2.19. The number of anilines is 2. The highest BCUT2D eigenvalue weighted by Gasteiger charge is 2.41. The molecule has 1 heterocycles. The van der Waals surface area contributed by atoms with E-state index in [4.69, 9.17) is 4.74 Å². The summed E-state index contributed by atoms with van der Waals surface area (Å²) in [7, 11) is 1.55. The van der Waals surface area contributed by atoms with Crippen molar-refractivity contribution in [3.8, 4) is 5.75 Å². The van der Waals surface area contributed by atoms with Crippen LogP contribution in [-0.2, 0) is 14.4 Å². The van der Waals surface area contributed by atoms with Gasteiger partial charge in [-0.25, -0.2) is 4.90 Å². The van der Waals surface area contributed by atoms with Crippen molar-refractivity contribution in [2.75, 3.05) is 17.3 Å². The van der Waals surface area contributed by atoms with Crippen molar-refractivity contribution in [3.05, 3.63) is 125 Å². The fraction of sp³-hybridized carbons (Fsp3) is 0.143. The minimum absolute atomic E-state index is 0.0483. The molecule has 4 aromatic carbocycles. The summed E-state index contributed by atoms with van der Waals surface area (Å²) in [5.74, 6) is -0.788. The van der Waals surface area contributed by atoms with Crippen LogP contribution in [0.4, 0.5) is 11.4 Å². The predicted octanol–water partition coefficient (Wildman–Crippen LogP) is 6.15. The van der Waals surface area contributed by atoms with E-state index in [1.807, 2.05) is 32.0 Å². The van der Waals surface area contributed by atoms with E-state index in [1.54, 1.807) is 92.0 Å². The Morgan fingerprint density at radius 1 is 0.886 bits per heavy atom. The van der Waals surface area contributed by atoms with E-state index in [9.17, 15) is 19.2 Å². The van der Waals surface area contributed by atoms with Crippen LogP contribution in [0.2, 0.25) is 0 Å². The predicted molar refractivity (Wildman–Crippen MR) is 173 cm³/mol. The molecule has 0 saturated carbocycles. The fourth-order valence-corrected chi connectivity index (χ4v) is 5.96. The first-order valence-corrected chi connectivity index (χ1v) is 14.8. The zero-order chi connectivity index (χ0) is 31.2. The number of hydrogen-bond acceptors (Lipinski definition) is 6. The Morgan fingerprint density at radius 3 is 2.25 bits per heavy atom. The van der Waals surface area contributed by atoms with E-state index >= 15 is 0 Å². The number of thioether (sulfide) groups is 1. The fourth-order valence-electron chi connectivity index (χ4n) is 4.91. The summed E-state index contributed by atoms with van der Waals surface area (Å²) in [4.78, 5) is 54.5. The number of aryl methyl sites for hydroxylation is 2. The van der Waals surface area contributed by atoms with Gasteiger partial charge in [0.1, 0.15) is 11.4 Å². The maximum absolute atomic E-state index is 13.4. The highest BCUT2D eigenvalue weighted by atomic mass is 32.2. The van der Waals surface area contributed by atoms with Crippen LogP contribution in [-0.4, -0.2) is 36.0 Å². The molecule has 8 nitrogen and oxygen atoms in total. The third-order valence-electron chi connectivity index (χ3n) is 7.09. The van der Waals surface area contributed by atoms with Gasteiger partial charge in [0.25, 0.3) is 11.8 Å². The summed E-state index contributed by atoms with van der Waals surface area (Å²) in [5, 5.41) is 5.01. The number of imide groups is 1. The molecular formula is C35H31N3O5S. The molecule has 1 aliphatic heterocycles. The number of nitrogens with one attached hydrogen (secondary N) is 2. The number of benzene rings is 4. The second-order valence-corrected chi connectivity index (χ2v) is 11.5. The third-order valence-corrected chi connectivity index (χ3v) is 8.29. The summed E-state index contributed by atoms with van der Waals surface area (Å²) in [6, 6.07) is 28.4. The van der Waals surface area contributed by atoms with E-state index in [2.05, 4.69) is 10.6 Å². The smallest absolute Gasteiger partial charge is 0.272 e. The third kappa shape index (κ3) is 6.90.